The Morgan fingerprint density at radius 1 is 1.59 bits per heavy atom. The van der Waals surface area contributed by atoms with E-state index in [2.05, 4.69) is 46.8 Å². The zero-order valence-corrected chi connectivity index (χ0v) is 12.9. The fraction of sp³-hybridized carbons (Fsp3) is 0.692. The Balaban J connectivity index is 2.23. The summed E-state index contributed by atoms with van der Waals surface area (Å²) >= 11 is 5.37. The number of halogens is 1. The second-order valence-electron chi connectivity index (χ2n) is 4.89. The molecule has 0 spiro atoms. The van der Waals surface area contributed by atoms with Crippen molar-refractivity contribution in [3.8, 4) is 0 Å². The summed E-state index contributed by atoms with van der Waals surface area (Å²) in [6.45, 7) is 5.61. The molecule has 1 fully saturated rings. The van der Waals surface area contributed by atoms with Gasteiger partial charge in [0.2, 0.25) is 0 Å². The first-order valence-corrected chi connectivity index (χ1v) is 8.01. The Hall–Kier alpha value is 0.1000. The lowest BCUT2D eigenvalue weighted by molar-refractivity contribution is 0.160. The third-order valence-electron chi connectivity index (χ3n) is 3.63. The van der Waals surface area contributed by atoms with Gasteiger partial charge in [-0.05, 0) is 60.8 Å². The molecule has 0 aromatic carbocycles. The van der Waals surface area contributed by atoms with Gasteiger partial charge in [0.1, 0.15) is 0 Å². The van der Waals surface area contributed by atoms with Crippen molar-refractivity contribution in [3.63, 3.8) is 0 Å². The quantitative estimate of drug-likeness (QED) is 0.916. The van der Waals surface area contributed by atoms with Crippen LogP contribution in [0.5, 0.6) is 0 Å². The molecule has 1 aliphatic heterocycles. The summed E-state index contributed by atoms with van der Waals surface area (Å²) in [7, 11) is 0. The third-order valence-corrected chi connectivity index (χ3v) is 5.33. The molecule has 1 aliphatic rings. The van der Waals surface area contributed by atoms with E-state index in [0.717, 1.165) is 0 Å². The highest BCUT2D eigenvalue weighted by Gasteiger charge is 2.33. The van der Waals surface area contributed by atoms with Gasteiger partial charge in [-0.25, -0.2) is 0 Å². The lowest BCUT2D eigenvalue weighted by Gasteiger charge is -2.34. The molecular weight excluding hydrogens is 296 g/mol. The molecule has 2 nitrogen and oxygen atoms in total. The van der Waals surface area contributed by atoms with E-state index in [-0.39, 0.29) is 6.04 Å². The predicted octanol–water partition coefficient (Wildman–Crippen LogP) is 3.77. The molecule has 1 aromatic rings. The molecular formula is C13H21BrN2S. The fourth-order valence-electron chi connectivity index (χ4n) is 2.87. The van der Waals surface area contributed by atoms with E-state index in [1.54, 1.807) is 0 Å². The number of hydrogen-bond acceptors (Lipinski definition) is 3. The minimum Gasteiger partial charge on any atom is -0.326 e. The van der Waals surface area contributed by atoms with Crippen LogP contribution in [0.25, 0.3) is 0 Å². The van der Waals surface area contributed by atoms with E-state index in [9.17, 15) is 0 Å². The molecule has 0 aliphatic carbocycles. The first kappa shape index (κ1) is 13.5. The maximum absolute atomic E-state index is 6.22. The minimum absolute atomic E-state index is 0.188. The van der Waals surface area contributed by atoms with Crippen molar-refractivity contribution < 1.29 is 0 Å². The lowest BCUT2D eigenvalue weighted by Crippen LogP contribution is -2.41. The molecule has 0 radical (unpaired) electrons. The van der Waals surface area contributed by atoms with E-state index in [1.165, 1.54) is 34.5 Å². The van der Waals surface area contributed by atoms with Crippen LogP contribution in [0.2, 0.25) is 0 Å². The third kappa shape index (κ3) is 2.92. The molecule has 96 valence electrons. The van der Waals surface area contributed by atoms with Crippen LogP contribution in [0, 0.1) is 0 Å². The van der Waals surface area contributed by atoms with Crippen molar-refractivity contribution >= 4 is 27.3 Å². The van der Waals surface area contributed by atoms with Crippen LogP contribution in [0.1, 0.15) is 44.0 Å². The van der Waals surface area contributed by atoms with Gasteiger partial charge in [0.25, 0.3) is 0 Å². The first-order valence-electron chi connectivity index (χ1n) is 6.40. The number of likely N-dealkylation sites (tertiary alicyclic amines) is 1. The van der Waals surface area contributed by atoms with Gasteiger partial charge in [0.05, 0.1) is 9.83 Å². The summed E-state index contributed by atoms with van der Waals surface area (Å²) in [6.07, 6.45) is 3.87. The smallest absolute Gasteiger partial charge is 0.0702 e. The Morgan fingerprint density at radius 2 is 2.35 bits per heavy atom. The highest BCUT2D eigenvalue weighted by Crippen LogP contribution is 2.37. The molecule has 17 heavy (non-hydrogen) atoms. The monoisotopic (exact) mass is 316 g/mol. The average Bonchev–Trinajstić information content (AvgIpc) is 2.88. The topological polar surface area (TPSA) is 29.3 Å². The zero-order chi connectivity index (χ0) is 12.4. The van der Waals surface area contributed by atoms with Crippen LogP contribution in [-0.2, 0) is 0 Å². The highest BCUT2D eigenvalue weighted by molar-refractivity contribution is 9.11. The van der Waals surface area contributed by atoms with Gasteiger partial charge >= 0.3 is 0 Å². The zero-order valence-electron chi connectivity index (χ0n) is 10.5. The molecule has 2 N–H and O–H groups in total. The average molecular weight is 317 g/mol. The lowest BCUT2D eigenvalue weighted by atomic mass is 10.0. The van der Waals surface area contributed by atoms with Gasteiger partial charge in [-0.15, -0.1) is 11.3 Å². The van der Waals surface area contributed by atoms with E-state index in [1.807, 2.05) is 11.3 Å². The SMILES string of the molecule is CCC1CCCN1C(c1ccc(Br)s1)C(C)N. The Morgan fingerprint density at radius 3 is 2.88 bits per heavy atom. The number of nitrogens with two attached hydrogens (primary N) is 1. The van der Waals surface area contributed by atoms with Crippen LogP contribution < -0.4 is 5.73 Å². The molecule has 0 bridgehead atoms. The molecule has 1 saturated heterocycles. The van der Waals surface area contributed by atoms with Crippen molar-refractivity contribution in [3.05, 3.63) is 20.8 Å². The normalized spacial score (nSPS) is 25.1. The summed E-state index contributed by atoms with van der Waals surface area (Å²) in [5.74, 6) is 0. The largest absolute Gasteiger partial charge is 0.326 e. The van der Waals surface area contributed by atoms with Gasteiger partial charge in [0.15, 0.2) is 0 Å². The minimum atomic E-state index is 0.188. The second kappa shape index (κ2) is 5.83. The maximum atomic E-state index is 6.22. The van der Waals surface area contributed by atoms with Gasteiger partial charge < -0.3 is 5.73 Å². The Labute approximate surface area is 116 Å². The number of nitrogens with zero attached hydrogens (tertiary/aromatic N) is 1. The van der Waals surface area contributed by atoms with E-state index in [4.69, 9.17) is 5.73 Å². The summed E-state index contributed by atoms with van der Waals surface area (Å²) in [6, 6.07) is 5.64. The maximum Gasteiger partial charge on any atom is 0.0702 e. The summed E-state index contributed by atoms with van der Waals surface area (Å²) in [4.78, 5) is 4.01. The number of hydrogen-bond donors (Lipinski definition) is 1. The molecule has 3 atom stereocenters. The Bertz CT molecular complexity index is 364. The van der Waals surface area contributed by atoms with Gasteiger partial charge in [-0.1, -0.05) is 6.92 Å². The fourth-order valence-corrected chi connectivity index (χ4v) is 4.54. The number of thiophene rings is 1. The van der Waals surface area contributed by atoms with Crippen molar-refractivity contribution in [2.45, 2.75) is 51.2 Å². The molecule has 2 heterocycles. The van der Waals surface area contributed by atoms with Crippen LogP contribution in [0.3, 0.4) is 0 Å². The molecule has 3 unspecified atom stereocenters. The summed E-state index contributed by atoms with van der Waals surface area (Å²) < 4.78 is 1.20. The van der Waals surface area contributed by atoms with Gasteiger partial charge in [-0.2, -0.15) is 0 Å². The molecule has 2 rings (SSSR count). The highest BCUT2D eigenvalue weighted by atomic mass is 79.9. The van der Waals surface area contributed by atoms with Crippen molar-refractivity contribution in [1.29, 1.82) is 0 Å². The van der Waals surface area contributed by atoms with Crippen molar-refractivity contribution in [2.75, 3.05) is 6.54 Å². The molecule has 4 heteroatoms. The summed E-state index contributed by atoms with van der Waals surface area (Å²) in [5.41, 5.74) is 6.22. The molecule has 1 aromatic heterocycles. The van der Waals surface area contributed by atoms with Crippen LogP contribution >= 0.6 is 27.3 Å². The standard InChI is InChI=1S/C13H21BrN2S/c1-3-10-5-4-8-16(10)13(9(2)15)11-6-7-12(14)17-11/h6-7,9-10,13H,3-5,8,15H2,1-2H3. The van der Waals surface area contributed by atoms with Crippen molar-refractivity contribution in [2.24, 2.45) is 5.73 Å². The first-order chi connectivity index (χ1) is 8.13. The Kier molecular flexibility index (Phi) is 4.64. The van der Waals surface area contributed by atoms with Crippen LogP contribution in [0.4, 0.5) is 0 Å². The second-order valence-corrected chi connectivity index (χ2v) is 7.38. The summed E-state index contributed by atoms with van der Waals surface area (Å²) in [5, 5.41) is 0. The van der Waals surface area contributed by atoms with Gasteiger partial charge in [-0.3, -0.25) is 4.90 Å². The van der Waals surface area contributed by atoms with Crippen LogP contribution in [-0.4, -0.2) is 23.5 Å². The van der Waals surface area contributed by atoms with E-state index in [0.29, 0.717) is 12.1 Å². The van der Waals surface area contributed by atoms with E-state index >= 15 is 0 Å². The predicted molar refractivity (Wildman–Crippen MR) is 78.4 cm³/mol. The van der Waals surface area contributed by atoms with Gasteiger partial charge in [0, 0.05) is 17.0 Å². The molecule has 0 saturated carbocycles. The van der Waals surface area contributed by atoms with Crippen molar-refractivity contribution in [1.82, 2.24) is 4.90 Å². The molecule has 0 amide bonds. The number of rotatable bonds is 4. The van der Waals surface area contributed by atoms with E-state index < -0.39 is 0 Å². The van der Waals surface area contributed by atoms with Crippen LogP contribution in [0.15, 0.2) is 15.9 Å².